The van der Waals surface area contributed by atoms with Crippen LogP contribution in [0.2, 0.25) is 0 Å². The minimum atomic E-state index is -0.0160. The summed E-state index contributed by atoms with van der Waals surface area (Å²) in [7, 11) is 0. The summed E-state index contributed by atoms with van der Waals surface area (Å²) >= 11 is 0. The van der Waals surface area contributed by atoms with E-state index in [1.54, 1.807) is 0 Å². The van der Waals surface area contributed by atoms with Gasteiger partial charge in [0.05, 0.1) is 6.61 Å². The molecule has 0 radical (unpaired) electrons. The van der Waals surface area contributed by atoms with Crippen LogP contribution in [0.5, 0.6) is 0 Å². The van der Waals surface area contributed by atoms with Crippen LogP contribution in [-0.2, 0) is 4.79 Å². The molecule has 106 valence electrons. The predicted molar refractivity (Wildman–Crippen MR) is 74.4 cm³/mol. The van der Waals surface area contributed by atoms with E-state index in [-0.39, 0.29) is 17.9 Å². The average Bonchev–Trinajstić information content (AvgIpc) is 2.86. The number of unbranched alkanes of at least 4 members (excludes halogenated alkanes) is 4. The highest BCUT2D eigenvalue weighted by atomic mass is 16.3. The summed E-state index contributed by atoms with van der Waals surface area (Å²) < 4.78 is 0. The minimum Gasteiger partial charge on any atom is -0.396 e. The molecule has 3 nitrogen and oxygen atoms in total. The molecule has 1 amide bonds. The number of aliphatic hydroxyl groups is 1. The topological polar surface area (TPSA) is 49.3 Å². The zero-order chi connectivity index (χ0) is 13.3. The highest BCUT2D eigenvalue weighted by Gasteiger charge is 2.33. The Labute approximate surface area is 111 Å². The van der Waals surface area contributed by atoms with Crippen LogP contribution in [0.15, 0.2) is 0 Å². The fourth-order valence-electron chi connectivity index (χ4n) is 2.78. The van der Waals surface area contributed by atoms with Crippen molar-refractivity contribution in [2.45, 2.75) is 71.1 Å². The minimum absolute atomic E-state index is 0.0160. The molecular weight excluding hydrogens is 226 g/mol. The van der Waals surface area contributed by atoms with Gasteiger partial charge in [-0.25, -0.2) is 0 Å². The summed E-state index contributed by atoms with van der Waals surface area (Å²) in [5.41, 5.74) is -0.0160. The summed E-state index contributed by atoms with van der Waals surface area (Å²) in [4.78, 5) is 11.7. The summed E-state index contributed by atoms with van der Waals surface area (Å²) in [6.45, 7) is 3.07. The molecule has 3 heteroatoms. The largest absolute Gasteiger partial charge is 0.396 e. The summed E-state index contributed by atoms with van der Waals surface area (Å²) in [5.74, 6) is 0.159. The van der Waals surface area contributed by atoms with Gasteiger partial charge in [0, 0.05) is 18.4 Å². The Morgan fingerprint density at radius 3 is 2.44 bits per heavy atom. The maximum absolute atomic E-state index is 11.7. The van der Waals surface area contributed by atoms with Crippen molar-refractivity contribution in [2.75, 3.05) is 13.2 Å². The first-order chi connectivity index (χ1) is 8.72. The number of aliphatic hydroxyl groups excluding tert-OH is 1. The first kappa shape index (κ1) is 15.5. The Bertz CT molecular complexity index is 235. The van der Waals surface area contributed by atoms with E-state index in [4.69, 9.17) is 0 Å². The highest BCUT2D eigenvalue weighted by Crippen LogP contribution is 2.36. The van der Waals surface area contributed by atoms with E-state index < -0.39 is 0 Å². The quantitative estimate of drug-likeness (QED) is 0.622. The third-order valence-electron chi connectivity index (χ3n) is 4.17. The molecule has 0 aliphatic heterocycles. The summed E-state index contributed by atoms with van der Waals surface area (Å²) in [6.07, 6.45) is 11.0. The van der Waals surface area contributed by atoms with E-state index in [0.29, 0.717) is 13.0 Å². The maximum Gasteiger partial charge on any atom is 0.220 e. The van der Waals surface area contributed by atoms with Gasteiger partial charge in [-0.3, -0.25) is 4.79 Å². The second kappa shape index (κ2) is 8.52. The van der Waals surface area contributed by atoms with Gasteiger partial charge >= 0.3 is 0 Å². The Morgan fingerprint density at radius 1 is 1.17 bits per heavy atom. The predicted octanol–water partition coefficient (Wildman–Crippen LogP) is 3.02. The van der Waals surface area contributed by atoms with Crippen LogP contribution in [0.4, 0.5) is 0 Å². The number of rotatable bonds is 9. The van der Waals surface area contributed by atoms with Crippen LogP contribution in [0.25, 0.3) is 0 Å². The van der Waals surface area contributed by atoms with Crippen LogP contribution in [0.1, 0.15) is 71.1 Å². The second-order valence-electron chi connectivity index (χ2n) is 5.81. The number of nitrogens with one attached hydrogen (secondary N) is 1. The normalized spacial score (nSPS) is 17.9. The molecule has 0 aromatic carbocycles. The summed E-state index contributed by atoms with van der Waals surface area (Å²) in [6, 6.07) is 0. The molecule has 0 aromatic rings. The smallest absolute Gasteiger partial charge is 0.220 e. The fourth-order valence-corrected chi connectivity index (χ4v) is 2.78. The lowest BCUT2D eigenvalue weighted by molar-refractivity contribution is -0.121. The van der Waals surface area contributed by atoms with E-state index in [0.717, 1.165) is 25.7 Å². The molecule has 1 saturated carbocycles. The Balaban J connectivity index is 2.09. The average molecular weight is 255 g/mol. The molecule has 0 bridgehead atoms. The Morgan fingerprint density at radius 2 is 1.83 bits per heavy atom. The van der Waals surface area contributed by atoms with E-state index in [1.165, 1.54) is 32.1 Å². The first-order valence-corrected chi connectivity index (χ1v) is 7.60. The van der Waals surface area contributed by atoms with E-state index in [2.05, 4.69) is 12.2 Å². The van der Waals surface area contributed by atoms with E-state index in [1.807, 2.05) is 0 Å². The van der Waals surface area contributed by atoms with Crippen molar-refractivity contribution in [2.24, 2.45) is 5.41 Å². The lowest BCUT2D eigenvalue weighted by atomic mass is 9.87. The van der Waals surface area contributed by atoms with Crippen molar-refractivity contribution < 1.29 is 9.90 Å². The van der Waals surface area contributed by atoms with Crippen LogP contribution < -0.4 is 5.32 Å². The van der Waals surface area contributed by atoms with Crippen molar-refractivity contribution >= 4 is 5.91 Å². The van der Waals surface area contributed by atoms with Gasteiger partial charge in [0.25, 0.3) is 0 Å². The van der Waals surface area contributed by atoms with Gasteiger partial charge in [-0.15, -0.1) is 0 Å². The van der Waals surface area contributed by atoms with Gasteiger partial charge in [0.15, 0.2) is 0 Å². The number of carbonyl (C=O) groups is 1. The molecule has 0 atom stereocenters. The first-order valence-electron chi connectivity index (χ1n) is 7.60. The molecule has 2 N–H and O–H groups in total. The van der Waals surface area contributed by atoms with Crippen LogP contribution in [0.3, 0.4) is 0 Å². The van der Waals surface area contributed by atoms with Crippen LogP contribution in [-0.4, -0.2) is 24.2 Å². The van der Waals surface area contributed by atoms with Gasteiger partial charge in [0.2, 0.25) is 5.91 Å². The molecule has 1 aliphatic rings. The van der Waals surface area contributed by atoms with Crippen molar-refractivity contribution in [3.8, 4) is 0 Å². The van der Waals surface area contributed by atoms with E-state index in [9.17, 15) is 9.90 Å². The molecule has 0 aromatic heterocycles. The second-order valence-corrected chi connectivity index (χ2v) is 5.81. The molecule has 18 heavy (non-hydrogen) atoms. The third kappa shape index (κ3) is 5.38. The van der Waals surface area contributed by atoms with Gasteiger partial charge in [0.1, 0.15) is 0 Å². The zero-order valence-corrected chi connectivity index (χ0v) is 11.8. The number of hydrogen-bond acceptors (Lipinski definition) is 2. The van der Waals surface area contributed by atoms with Crippen molar-refractivity contribution in [3.63, 3.8) is 0 Å². The van der Waals surface area contributed by atoms with Gasteiger partial charge in [-0.1, -0.05) is 45.4 Å². The Hall–Kier alpha value is -0.570. The van der Waals surface area contributed by atoms with Crippen LogP contribution in [0, 0.1) is 5.41 Å². The molecule has 0 unspecified atom stereocenters. The standard InChI is InChI=1S/C15H29NO2/c1-2-3-4-5-6-9-14(18)16-12-15(13-17)10-7-8-11-15/h17H,2-13H2,1H3,(H,16,18). The lowest BCUT2D eigenvalue weighted by Gasteiger charge is -2.26. The molecule has 0 saturated heterocycles. The number of carbonyl (C=O) groups excluding carboxylic acids is 1. The maximum atomic E-state index is 11.7. The van der Waals surface area contributed by atoms with Gasteiger partial charge in [-0.05, 0) is 19.3 Å². The fraction of sp³-hybridized carbons (Fsp3) is 0.933. The molecule has 1 fully saturated rings. The Kier molecular flexibility index (Phi) is 7.33. The summed E-state index contributed by atoms with van der Waals surface area (Å²) in [5, 5.41) is 12.5. The van der Waals surface area contributed by atoms with Crippen molar-refractivity contribution in [3.05, 3.63) is 0 Å². The van der Waals surface area contributed by atoms with Crippen molar-refractivity contribution in [1.82, 2.24) is 5.32 Å². The van der Waals surface area contributed by atoms with E-state index >= 15 is 0 Å². The SMILES string of the molecule is CCCCCCCC(=O)NCC1(CO)CCCC1. The monoisotopic (exact) mass is 255 g/mol. The van der Waals surface area contributed by atoms with Gasteiger partial charge in [-0.2, -0.15) is 0 Å². The number of hydrogen-bond donors (Lipinski definition) is 2. The molecular formula is C15H29NO2. The molecule has 1 rings (SSSR count). The van der Waals surface area contributed by atoms with Crippen molar-refractivity contribution in [1.29, 1.82) is 0 Å². The lowest BCUT2D eigenvalue weighted by Crippen LogP contribution is -2.38. The molecule has 1 aliphatic carbocycles. The molecule has 0 spiro atoms. The molecule has 0 heterocycles. The number of amides is 1. The van der Waals surface area contributed by atoms with Gasteiger partial charge < -0.3 is 10.4 Å². The zero-order valence-electron chi connectivity index (χ0n) is 11.8. The van der Waals surface area contributed by atoms with Crippen LogP contribution >= 0.6 is 0 Å². The highest BCUT2D eigenvalue weighted by molar-refractivity contribution is 5.75. The third-order valence-corrected chi connectivity index (χ3v) is 4.17.